The van der Waals surface area contributed by atoms with Crippen LogP contribution in [0.1, 0.15) is 12.1 Å². The SMILES string of the molecule is COc1ncc2c(n1)CCCN2. The van der Waals surface area contributed by atoms with Crippen molar-refractivity contribution in [3.63, 3.8) is 0 Å². The van der Waals surface area contributed by atoms with E-state index in [1.54, 1.807) is 13.3 Å². The first-order valence-electron chi connectivity index (χ1n) is 4.04. The van der Waals surface area contributed by atoms with Crippen molar-refractivity contribution in [2.45, 2.75) is 12.8 Å². The second-order valence-electron chi connectivity index (χ2n) is 2.75. The molecule has 0 spiro atoms. The lowest BCUT2D eigenvalue weighted by Gasteiger charge is -2.16. The number of hydrogen-bond donors (Lipinski definition) is 1. The Kier molecular flexibility index (Phi) is 1.81. The molecule has 0 saturated carbocycles. The second-order valence-corrected chi connectivity index (χ2v) is 2.75. The van der Waals surface area contributed by atoms with Crippen molar-refractivity contribution in [2.24, 2.45) is 0 Å². The van der Waals surface area contributed by atoms with Crippen LogP contribution in [0.2, 0.25) is 0 Å². The van der Waals surface area contributed by atoms with E-state index in [0.717, 1.165) is 30.8 Å². The highest BCUT2D eigenvalue weighted by Gasteiger charge is 2.10. The first kappa shape index (κ1) is 7.34. The van der Waals surface area contributed by atoms with Crippen LogP contribution in [0, 0.1) is 0 Å². The maximum absolute atomic E-state index is 4.93. The minimum Gasteiger partial charge on any atom is -0.467 e. The number of nitrogens with zero attached hydrogens (tertiary/aromatic N) is 2. The number of anilines is 1. The third kappa shape index (κ3) is 1.20. The van der Waals surface area contributed by atoms with E-state index in [2.05, 4.69) is 15.3 Å². The number of methoxy groups -OCH3 is 1. The minimum absolute atomic E-state index is 0.456. The van der Waals surface area contributed by atoms with Gasteiger partial charge in [-0.1, -0.05) is 0 Å². The van der Waals surface area contributed by atoms with Crippen LogP contribution in [0.3, 0.4) is 0 Å². The van der Waals surface area contributed by atoms with Gasteiger partial charge < -0.3 is 10.1 Å². The lowest BCUT2D eigenvalue weighted by atomic mass is 10.1. The lowest BCUT2D eigenvalue weighted by Crippen LogP contribution is -2.13. The summed E-state index contributed by atoms with van der Waals surface area (Å²) in [6.45, 7) is 1.02. The molecular weight excluding hydrogens is 154 g/mol. The highest BCUT2D eigenvalue weighted by atomic mass is 16.5. The van der Waals surface area contributed by atoms with Gasteiger partial charge in [-0.3, -0.25) is 0 Å². The largest absolute Gasteiger partial charge is 0.467 e. The summed E-state index contributed by atoms with van der Waals surface area (Å²) in [5, 5.41) is 3.23. The summed E-state index contributed by atoms with van der Waals surface area (Å²) in [4.78, 5) is 8.25. The van der Waals surface area contributed by atoms with Gasteiger partial charge in [-0.05, 0) is 12.8 Å². The van der Waals surface area contributed by atoms with Crippen LogP contribution in [0.25, 0.3) is 0 Å². The summed E-state index contributed by atoms with van der Waals surface area (Å²) in [6, 6.07) is 0.456. The maximum atomic E-state index is 4.93. The molecule has 2 heterocycles. The van der Waals surface area contributed by atoms with E-state index in [9.17, 15) is 0 Å². The molecule has 0 amide bonds. The Morgan fingerprint density at radius 1 is 1.58 bits per heavy atom. The van der Waals surface area contributed by atoms with Gasteiger partial charge in [0.05, 0.1) is 24.7 Å². The zero-order valence-electron chi connectivity index (χ0n) is 7.00. The Bertz CT molecular complexity index is 288. The summed E-state index contributed by atoms with van der Waals surface area (Å²) in [5.41, 5.74) is 2.11. The van der Waals surface area contributed by atoms with E-state index >= 15 is 0 Å². The normalized spacial score (nSPS) is 14.8. The molecule has 64 valence electrons. The van der Waals surface area contributed by atoms with Gasteiger partial charge in [0.2, 0.25) is 0 Å². The standard InChI is InChI=1S/C8H11N3O/c1-12-8-10-5-7-6(11-8)3-2-4-9-7/h5,9H,2-4H2,1H3. The van der Waals surface area contributed by atoms with Crippen LogP contribution in [0.15, 0.2) is 6.20 Å². The molecular formula is C8H11N3O. The summed E-state index contributed by atoms with van der Waals surface area (Å²) in [7, 11) is 1.58. The van der Waals surface area contributed by atoms with Crippen molar-refractivity contribution in [1.82, 2.24) is 9.97 Å². The number of ether oxygens (including phenoxy) is 1. The molecule has 0 aromatic carbocycles. The molecule has 0 unspecified atom stereocenters. The topological polar surface area (TPSA) is 47.0 Å². The second kappa shape index (κ2) is 2.97. The number of fused-ring (bicyclic) bond motifs is 1. The van der Waals surface area contributed by atoms with Gasteiger partial charge in [0.25, 0.3) is 0 Å². The van der Waals surface area contributed by atoms with Crippen molar-refractivity contribution >= 4 is 5.69 Å². The fourth-order valence-corrected chi connectivity index (χ4v) is 1.31. The average molecular weight is 165 g/mol. The summed E-state index contributed by atoms with van der Waals surface area (Å²) < 4.78 is 4.93. The van der Waals surface area contributed by atoms with E-state index in [1.165, 1.54) is 0 Å². The molecule has 0 bridgehead atoms. The molecule has 0 fully saturated rings. The van der Waals surface area contributed by atoms with Crippen molar-refractivity contribution in [3.8, 4) is 6.01 Å². The summed E-state index contributed by atoms with van der Waals surface area (Å²) in [6.07, 6.45) is 3.93. The molecule has 2 rings (SSSR count). The van der Waals surface area contributed by atoms with Gasteiger partial charge in [0, 0.05) is 6.54 Å². The smallest absolute Gasteiger partial charge is 0.316 e. The molecule has 1 N–H and O–H groups in total. The monoisotopic (exact) mass is 165 g/mol. The predicted molar refractivity (Wildman–Crippen MR) is 45.4 cm³/mol. The Labute approximate surface area is 71.0 Å². The van der Waals surface area contributed by atoms with Gasteiger partial charge in [0.15, 0.2) is 0 Å². The van der Waals surface area contributed by atoms with Gasteiger partial charge in [-0.15, -0.1) is 0 Å². The van der Waals surface area contributed by atoms with Gasteiger partial charge in [0.1, 0.15) is 0 Å². The zero-order chi connectivity index (χ0) is 8.39. The van der Waals surface area contributed by atoms with Crippen LogP contribution in [0.4, 0.5) is 5.69 Å². The Morgan fingerprint density at radius 3 is 3.33 bits per heavy atom. The fraction of sp³-hybridized carbons (Fsp3) is 0.500. The summed E-state index contributed by atoms with van der Waals surface area (Å²) in [5.74, 6) is 0. The van der Waals surface area contributed by atoms with E-state index in [1.807, 2.05) is 0 Å². The molecule has 0 radical (unpaired) electrons. The molecule has 1 aliphatic heterocycles. The van der Waals surface area contributed by atoms with Crippen molar-refractivity contribution in [1.29, 1.82) is 0 Å². The Morgan fingerprint density at radius 2 is 2.50 bits per heavy atom. The van der Waals surface area contributed by atoms with Crippen LogP contribution >= 0.6 is 0 Å². The van der Waals surface area contributed by atoms with Crippen LogP contribution in [0.5, 0.6) is 6.01 Å². The number of hydrogen-bond acceptors (Lipinski definition) is 4. The highest BCUT2D eigenvalue weighted by molar-refractivity contribution is 5.48. The molecule has 4 heteroatoms. The molecule has 0 aliphatic carbocycles. The molecule has 12 heavy (non-hydrogen) atoms. The molecule has 1 aromatic rings. The molecule has 1 aromatic heterocycles. The van der Waals surface area contributed by atoms with Crippen LogP contribution < -0.4 is 10.1 Å². The summed E-state index contributed by atoms with van der Waals surface area (Å²) >= 11 is 0. The number of aromatic nitrogens is 2. The molecule has 4 nitrogen and oxygen atoms in total. The van der Waals surface area contributed by atoms with Gasteiger partial charge in [-0.25, -0.2) is 4.98 Å². The maximum Gasteiger partial charge on any atom is 0.316 e. The van der Waals surface area contributed by atoms with Crippen molar-refractivity contribution in [3.05, 3.63) is 11.9 Å². The van der Waals surface area contributed by atoms with E-state index in [-0.39, 0.29) is 0 Å². The first-order chi connectivity index (χ1) is 5.90. The minimum atomic E-state index is 0.456. The van der Waals surface area contributed by atoms with Crippen molar-refractivity contribution < 1.29 is 4.74 Å². The molecule has 0 atom stereocenters. The van der Waals surface area contributed by atoms with E-state index in [4.69, 9.17) is 4.74 Å². The van der Waals surface area contributed by atoms with Gasteiger partial charge >= 0.3 is 6.01 Å². The Balaban J connectivity index is 2.36. The number of rotatable bonds is 1. The molecule has 0 saturated heterocycles. The lowest BCUT2D eigenvalue weighted by molar-refractivity contribution is 0.377. The van der Waals surface area contributed by atoms with Crippen molar-refractivity contribution in [2.75, 3.05) is 19.0 Å². The first-order valence-corrected chi connectivity index (χ1v) is 4.04. The number of nitrogens with one attached hydrogen (secondary N) is 1. The van der Waals surface area contributed by atoms with Crippen LogP contribution in [-0.4, -0.2) is 23.6 Å². The van der Waals surface area contributed by atoms with E-state index < -0.39 is 0 Å². The third-order valence-electron chi connectivity index (χ3n) is 1.93. The quantitative estimate of drug-likeness (QED) is 0.670. The Hall–Kier alpha value is -1.32. The third-order valence-corrected chi connectivity index (χ3v) is 1.93. The van der Waals surface area contributed by atoms with Crippen LogP contribution in [-0.2, 0) is 6.42 Å². The predicted octanol–water partition coefficient (Wildman–Crippen LogP) is 0.843. The highest BCUT2D eigenvalue weighted by Crippen LogP contribution is 2.19. The van der Waals surface area contributed by atoms with Gasteiger partial charge in [-0.2, -0.15) is 4.98 Å². The number of aryl methyl sites for hydroxylation is 1. The average Bonchev–Trinajstić information content (AvgIpc) is 2.17. The van der Waals surface area contributed by atoms with E-state index in [0.29, 0.717) is 6.01 Å². The molecule has 1 aliphatic rings. The zero-order valence-corrected chi connectivity index (χ0v) is 7.00. The fourth-order valence-electron chi connectivity index (χ4n) is 1.31.